The Kier molecular flexibility index (Phi) is 3.81. The third-order valence-electron chi connectivity index (χ3n) is 4.01. The van der Waals surface area contributed by atoms with Crippen molar-refractivity contribution in [3.63, 3.8) is 0 Å². The zero-order valence-electron chi connectivity index (χ0n) is 12.5. The summed E-state index contributed by atoms with van der Waals surface area (Å²) in [5, 5.41) is 3.79. The predicted molar refractivity (Wildman–Crippen MR) is 79.4 cm³/mol. The normalized spacial score (nSPS) is 21.1. The van der Waals surface area contributed by atoms with Crippen LogP contribution in [0, 0.1) is 0 Å². The average Bonchev–Trinajstić information content (AvgIpc) is 3.15. The van der Waals surface area contributed by atoms with Crippen LogP contribution in [-0.2, 0) is 0 Å². The predicted octanol–water partition coefficient (Wildman–Crippen LogP) is 1.31. The fourth-order valence-electron chi connectivity index (χ4n) is 2.56. The van der Waals surface area contributed by atoms with Crippen molar-refractivity contribution in [1.82, 2.24) is 15.0 Å². The van der Waals surface area contributed by atoms with E-state index >= 15 is 0 Å². The van der Waals surface area contributed by atoms with E-state index in [-0.39, 0.29) is 23.8 Å². The molecule has 0 saturated carbocycles. The van der Waals surface area contributed by atoms with Gasteiger partial charge in [0.25, 0.3) is 17.6 Å². The van der Waals surface area contributed by atoms with Crippen molar-refractivity contribution in [1.29, 1.82) is 0 Å². The van der Waals surface area contributed by atoms with Gasteiger partial charge in [0, 0.05) is 24.2 Å². The largest absolute Gasteiger partial charge is 0.497 e. The van der Waals surface area contributed by atoms with Crippen molar-refractivity contribution < 1.29 is 14.1 Å². The van der Waals surface area contributed by atoms with E-state index in [2.05, 4.69) is 10.1 Å². The lowest BCUT2D eigenvalue weighted by Gasteiger charge is -2.21. The molecule has 1 amide bonds. The molecular formula is C15H18N4O3. The number of amides is 1. The van der Waals surface area contributed by atoms with Gasteiger partial charge in [-0.1, -0.05) is 11.2 Å². The van der Waals surface area contributed by atoms with Crippen molar-refractivity contribution in [2.24, 2.45) is 5.73 Å². The summed E-state index contributed by atoms with van der Waals surface area (Å²) in [4.78, 5) is 18.3. The van der Waals surface area contributed by atoms with Crippen molar-refractivity contribution >= 4 is 5.91 Å². The molecule has 116 valence electrons. The standard InChI is InChI=1S/C15H18N4O3/c1-9-12(16)6-7-19(9)15(20)13-17-14(22-18-13)10-4-3-5-11(8-10)21-2/h3-5,8-9,12H,6-7,16H2,1-2H3/t9-,12-/m0/s1. The summed E-state index contributed by atoms with van der Waals surface area (Å²) in [6.45, 7) is 2.54. The first kappa shape index (κ1) is 14.5. The Morgan fingerprint density at radius 2 is 2.32 bits per heavy atom. The SMILES string of the molecule is COc1cccc(-c2nc(C(=O)N3CC[C@H](N)[C@@H]3C)no2)c1. The van der Waals surface area contributed by atoms with Gasteiger partial charge in [0.1, 0.15) is 5.75 Å². The molecular weight excluding hydrogens is 284 g/mol. The van der Waals surface area contributed by atoms with Crippen LogP contribution in [0.5, 0.6) is 5.75 Å². The van der Waals surface area contributed by atoms with Gasteiger partial charge in [-0.15, -0.1) is 0 Å². The molecule has 1 aromatic heterocycles. The highest BCUT2D eigenvalue weighted by molar-refractivity contribution is 5.91. The molecule has 1 saturated heterocycles. The lowest BCUT2D eigenvalue weighted by molar-refractivity contribution is 0.0727. The van der Waals surface area contributed by atoms with Gasteiger partial charge >= 0.3 is 0 Å². The molecule has 3 rings (SSSR count). The van der Waals surface area contributed by atoms with Crippen molar-refractivity contribution in [3.05, 3.63) is 30.1 Å². The lowest BCUT2D eigenvalue weighted by Crippen LogP contribution is -2.40. The van der Waals surface area contributed by atoms with E-state index in [4.69, 9.17) is 15.0 Å². The number of ether oxygens (including phenoxy) is 1. The maximum absolute atomic E-state index is 12.4. The molecule has 0 aliphatic carbocycles. The van der Waals surface area contributed by atoms with Crippen LogP contribution in [0.3, 0.4) is 0 Å². The number of methoxy groups -OCH3 is 1. The van der Waals surface area contributed by atoms with Crippen molar-refractivity contribution in [2.75, 3.05) is 13.7 Å². The Morgan fingerprint density at radius 1 is 1.50 bits per heavy atom. The van der Waals surface area contributed by atoms with Crippen LogP contribution in [-0.4, -0.2) is 46.7 Å². The molecule has 0 radical (unpaired) electrons. The van der Waals surface area contributed by atoms with Crippen LogP contribution < -0.4 is 10.5 Å². The molecule has 1 fully saturated rings. The van der Waals surface area contributed by atoms with E-state index < -0.39 is 0 Å². The first-order valence-corrected chi connectivity index (χ1v) is 7.15. The van der Waals surface area contributed by atoms with Crippen LogP contribution in [0.25, 0.3) is 11.5 Å². The summed E-state index contributed by atoms with van der Waals surface area (Å²) in [5.41, 5.74) is 6.65. The highest BCUT2D eigenvalue weighted by Gasteiger charge is 2.34. The molecule has 1 aliphatic rings. The lowest BCUT2D eigenvalue weighted by atomic mass is 10.2. The molecule has 0 unspecified atom stereocenters. The number of likely N-dealkylation sites (tertiary alicyclic amines) is 1. The van der Waals surface area contributed by atoms with Crippen LogP contribution >= 0.6 is 0 Å². The molecule has 2 aromatic rings. The zero-order chi connectivity index (χ0) is 15.7. The average molecular weight is 302 g/mol. The number of aromatic nitrogens is 2. The Balaban J connectivity index is 1.83. The van der Waals surface area contributed by atoms with Crippen LogP contribution in [0.2, 0.25) is 0 Å². The molecule has 22 heavy (non-hydrogen) atoms. The third kappa shape index (κ3) is 2.55. The Bertz CT molecular complexity index is 685. The first-order chi connectivity index (χ1) is 10.6. The minimum atomic E-state index is -0.252. The topological polar surface area (TPSA) is 94.5 Å². The molecule has 2 heterocycles. The number of rotatable bonds is 3. The van der Waals surface area contributed by atoms with Gasteiger partial charge in [0.05, 0.1) is 7.11 Å². The van der Waals surface area contributed by atoms with E-state index in [1.54, 1.807) is 18.1 Å². The Labute approximate surface area is 128 Å². The highest BCUT2D eigenvalue weighted by Crippen LogP contribution is 2.23. The summed E-state index contributed by atoms with van der Waals surface area (Å²) in [7, 11) is 1.58. The fourth-order valence-corrected chi connectivity index (χ4v) is 2.56. The number of nitrogens with zero attached hydrogens (tertiary/aromatic N) is 3. The summed E-state index contributed by atoms with van der Waals surface area (Å²) in [6.07, 6.45) is 0.785. The summed E-state index contributed by atoms with van der Waals surface area (Å²) in [5.74, 6) is 0.776. The third-order valence-corrected chi connectivity index (χ3v) is 4.01. The van der Waals surface area contributed by atoms with Crippen molar-refractivity contribution in [2.45, 2.75) is 25.4 Å². The minimum Gasteiger partial charge on any atom is -0.497 e. The maximum Gasteiger partial charge on any atom is 0.295 e. The summed E-state index contributed by atoms with van der Waals surface area (Å²) in [6, 6.07) is 7.20. The summed E-state index contributed by atoms with van der Waals surface area (Å²) < 4.78 is 10.4. The van der Waals surface area contributed by atoms with E-state index in [1.165, 1.54) is 0 Å². The van der Waals surface area contributed by atoms with E-state index in [0.29, 0.717) is 23.7 Å². The second-order valence-corrected chi connectivity index (χ2v) is 5.35. The zero-order valence-corrected chi connectivity index (χ0v) is 12.5. The van der Waals surface area contributed by atoms with Gasteiger partial charge in [-0.25, -0.2) is 0 Å². The first-order valence-electron chi connectivity index (χ1n) is 7.15. The minimum absolute atomic E-state index is 0.00583. The molecule has 7 heteroatoms. The van der Waals surface area contributed by atoms with E-state index in [9.17, 15) is 4.79 Å². The maximum atomic E-state index is 12.4. The number of carbonyl (C=O) groups excluding carboxylic acids is 1. The molecule has 0 bridgehead atoms. The van der Waals surface area contributed by atoms with Gasteiger partial charge in [-0.3, -0.25) is 4.79 Å². The van der Waals surface area contributed by atoms with Gasteiger partial charge in [-0.2, -0.15) is 4.98 Å². The molecule has 1 aliphatic heterocycles. The van der Waals surface area contributed by atoms with Gasteiger partial charge < -0.3 is 19.9 Å². The second kappa shape index (κ2) is 5.76. The second-order valence-electron chi connectivity index (χ2n) is 5.35. The number of hydrogen-bond acceptors (Lipinski definition) is 6. The molecule has 2 atom stereocenters. The molecule has 2 N–H and O–H groups in total. The van der Waals surface area contributed by atoms with E-state index in [1.807, 2.05) is 25.1 Å². The molecule has 7 nitrogen and oxygen atoms in total. The quantitative estimate of drug-likeness (QED) is 0.918. The Morgan fingerprint density at radius 3 is 3.00 bits per heavy atom. The smallest absolute Gasteiger partial charge is 0.295 e. The van der Waals surface area contributed by atoms with Crippen LogP contribution in [0.4, 0.5) is 0 Å². The number of hydrogen-bond donors (Lipinski definition) is 1. The van der Waals surface area contributed by atoms with Crippen LogP contribution in [0.1, 0.15) is 24.0 Å². The fraction of sp³-hybridized carbons (Fsp3) is 0.400. The number of nitrogens with two attached hydrogens (primary N) is 1. The molecule has 1 aromatic carbocycles. The van der Waals surface area contributed by atoms with Gasteiger partial charge in [-0.05, 0) is 31.5 Å². The van der Waals surface area contributed by atoms with E-state index in [0.717, 1.165) is 6.42 Å². The number of carbonyl (C=O) groups is 1. The molecule has 0 spiro atoms. The van der Waals surface area contributed by atoms with Gasteiger partial charge in [0.2, 0.25) is 0 Å². The van der Waals surface area contributed by atoms with Crippen molar-refractivity contribution in [3.8, 4) is 17.2 Å². The Hall–Kier alpha value is -2.41. The number of benzene rings is 1. The van der Waals surface area contributed by atoms with Gasteiger partial charge in [0.15, 0.2) is 0 Å². The monoisotopic (exact) mass is 302 g/mol. The highest BCUT2D eigenvalue weighted by atomic mass is 16.5. The summed E-state index contributed by atoms with van der Waals surface area (Å²) >= 11 is 0. The van der Waals surface area contributed by atoms with Crippen LogP contribution in [0.15, 0.2) is 28.8 Å².